The molecule has 0 aliphatic heterocycles. The summed E-state index contributed by atoms with van der Waals surface area (Å²) in [7, 11) is 0. The molecule has 106 valence electrons. The second-order valence-corrected chi connectivity index (χ2v) is 4.28. The van der Waals surface area contributed by atoms with E-state index in [4.69, 9.17) is 16.0 Å². The lowest BCUT2D eigenvalue weighted by Gasteiger charge is -2.09. The summed E-state index contributed by atoms with van der Waals surface area (Å²) >= 11 is 5.78. The lowest BCUT2D eigenvalue weighted by Crippen LogP contribution is -2.12. The Bertz CT molecular complexity index is 628. The number of furan rings is 1. The summed E-state index contributed by atoms with van der Waals surface area (Å²) in [4.78, 5) is 11.9. The van der Waals surface area contributed by atoms with Crippen LogP contribution in [0.5, 0.6) is 5.75 Å². The molecule has 0 saturated carbocycles. The van der Waals surface area contributed by atoms with E-state index in [0.29, 0.717) is 17.0 Å². The quantitative estimate of drug-likeness (QED) is 0.925. The van der Waals surface area contributed by atoms with E-state index >= 15 is 0 Å². The van der Waals surface area contributed by atoms with Crippen molar-refractivity contribution >= 4 is 23.2 Å². The van der Waals surface area contributed by atoms with Crippen LogP contribution in [0, 0.1) is 6.92 Å². The van der Waals surface area contributed by atoms with Crippen molar-refractivity contribution in [2.24, 2.45) is 0 Å². The predicted molar refractivity (Wildman–Crippen MR) is 69.5 cm³/mol. The molecule has 0 radical (unpaired) electrons. The Balaban J connectivity index is 2.13. The standard InChI is InChI=1S/C13H10ClF2NO3/c1-7-9(4-5-19-7)12(18)17-8-2-3-11(10(14)6-8)20-13(15)16/h2-6,13H,1H3,(H,17,18). The highest BCUT2D eigenvalue weighted by molar-refractivity contribution is 6.32. The maximum atomic E-state index is 12.1. The maximum absolute atomic E-state index is 12.1. The zero-order valence-corrected chi connectivity index (χ0v) is 11.1. The highest BCUT2D eigenvalue weighted by atomic mass is 35.5. The molecule has 0 saturated heterocycles. The fourth-order valence-corrected chi connectivity index (χ4v) is 1.81. The first kappa shape index (κ1) is 14.3. The SMILES string of the molecule is Cc1occc1C(=O)Nc1ccc(OC(F)F)c(Cl)c1. The van der Waals surface area contributed by atoms with Crippen LogP contribution in [0.2, 0.25) is 5.02 Å². The summed E-state index contributed by atoms with van der Waals surface area (Å²) < 4.78 is 33.4. The summed E-state index contributed by atoms with van der Waals surface area (Å²) in [5.41, 5.74) is 0.747. The van der Waals surface area contributed by atoms with Gasteiger partial charge in [0.15, 0.2) is 0 Å². The summed E-state index contributed by atoms with van der Waals surface area (Å²) in [6, 6.07) is 5.52. The number of ether oxygens (including phenoxy) is 1. The van der Waals surface area contributed by atoms with E-state index in [1.54, 1.807) is 6.92 Å². The number of halogens is 3. The molecule has 0 aliphatic carbocycles. The third-order valence-corrected chi connectivity index (χ3v) is 2.80. The van der Waals surface area contributed by atoms with E-state index < -0.39 is 6.61 Å². The number of hydrogen-bond acceptors (Lipinski definition) is 3. The van der Waals surface area contributed by atoms with Crippen LogP contribution in [0.3, 0.4) is 0 Å². The Labute approximate surface area is 118 Å². The molecule has 0 unspecified atom stereocenters. The van der Waals surface area contributed by atoms with Gasteiger partial charge in [0.2, 0.25) is 0 Å². The summed E-state index contributed by atoms with van der Waals surface area (Å²) in [6.07, 6.45) is 1.40. The monoisotopic (exact) mass is 301 g/mol. The third-order valence-electron chi connectivity index (χ3n) is 2.51. The Hall–Kier alpha value is -2.08. The van der Waals surface area contributed by atoms with Crippen molar-refractivity contribution in [1.82, 2.24) is 0 Å². The first-order valence-corrected chi connectivity index (χ1v) is 5.95. The first-order valence-electron chi connectivity index (χ1n) is 5.57. The molecule has 7 heteroatoms. The number of nitrogens with one attached hydrogen (secondary N) is 1. The molecule has 0 bridgehead atoms. The summed E-state index contributed by atoms with van der Waals surface area (Å²) in [5.74, 6) is -0.0553. The van der Waals surface area contributed by atoms with Crippen LogP contribution < -0.4 is 10.1 Å². The van der Waals surface area contributed by atoms with E-state index in [-0.39, 0.29) is 16.7 Å². The number of alkyl halides is 2. The number of aryl methyl sites for hydroxylation is 1. The zero-order chi connectivity index (χ0) is 14.7. The van der Waals surface area contributed by atoms with Gasteiger partial charge in [-0.3, -0.25) is 4.79 Å². The average Bonchev–Trinajstić information content (AvgIpc) is 2.78. The molecule has 0 spiro atoms. The van der Waals surface area contributed by atoms with Crippen LogP contribution in [0.25, 0.3) is 0 Å². The van der Waals surface area contributed by atoms with Crippen molar-refractivity contribution < 1.29 is 22.7 Å². The average molecular weight is 302 g/mol. The number of carbonyl (C=O) groups excluding carboxylic acids is 1. The molecular weight excluding hydrogens is 292 g/mol. The molecule has 1 heterocycles. The fourth-order valence-electron chi connectivity index (χ4n) is 1.59. The molecule has 0 atom stereocenters. The topological polar surface area (TPSA) is 51.5 Å². The number of hydrogen-bond donors (Lipinski definition) is 1. The minimum atomic E-state index is -2.96. The van der Waals surface area contributed by atoms with Gasteiger partial charge >= 0.3 is 6.61 Å². The highest BCUT2D eigenvalue weighted by Crippen LogP contribution is 2.29. The first-order chi connectivity index (χ1) is 9.47. The molecule has 1 aromatic carbocycles. The molecule has 1 N–H and O–H groups in total. The minimum absolute atomic E-state index is 0.0213. The van der Waals surface area contributed by atoms with Crippen molar-refractivity contribution in [2.45, 2.75) is 13.5 Å². The van der Waals surface area contributed by atoms with Gasteiger partial charge in [-0.1, -0.05) is 11.6 Å². The van der Waals surface area contributed by atoms with E-state index in [0.717, 1.165) is 0 Å². The third kappa shape index (κ3) is 3.27. The van der Waals surface area contributed by atoms with Crippen LogP contribution >= 0.6 is 11.6 Å². The van der Waals surface area contributed by atoms with Crippen molar-refractivity contribution in [1.29, 1.82) is 0 Å². The maximum Gasteiger partial charge on any atom is 0.387 e. The normalized spacial score (nSPS) is 10.7. The summed E-state index contributed by atoms with van der Waals surface area (Å²) in [5, 5.41) is 2.56. The fraction of sp³-hybridized carbons (Fsp3) is 0.154. The van der Waals surface area contributed by atoms with E-state index in [9.17, 15) is 13.6 Å². The van der Waals surface area contributed by atoms with Crippen molar-refractivity contribution in [2.75, 3.05) is 5.32 Å². The molecule has 1 amide bonds. The van der Waals surface area contributed by atoms with Crippen LogP contribution in [0.15, 0.2) is 34.9 Å². The van der Waals surface area contributed by atoms with Crippen LogP contribution in [-0.4, -0.2) is 12.5 Å². The summed E-state index contributed by atoms with van der Waals surface area (Å²) in [6.45, 7) is -1.30. The predicted octanol–water partition coefficient (Wildman–Crippen LogP) is 4.10. The van der Waals surface area contributed by atoms with E-state index in [1.165, 1.54) is 30.5 Å². The molecule has 0 aliphatic rings. The van der Waals surface area contributed by atoms with Gasteiger partial charge in [-0.25, -0.2) is 0 Å². The number of amides is 1. The Morgan fingerprint density at radius 1 is 1.40 bits per heavy atom. The Kier molecular flexibility index (Phi) is 4.24. The molecular formula is C13H10ClF2NO3. The zero-order valence-electron chi connectivity index (χ0n) is 10.3. The van der Waals surface area contributed by atoms with Crippen LogP contribution in [0.4, 0.5) is 14.5 Å². The Morgan fingerprint density at radius 2 is 2.15 bits per heavy atom. The van der Waals surface area contributed by atoms with E-state index in [2.05, 4.69) is 10.1 Å². The van der Waals surface area contributed by atoms with Gasteiger partial charge in [0.1, 0.15) is 11.5 Å². The van der Waals surface area contributed by atoms with Crippen LogP contribution in [-0.2, 0) is 0 Å². The number of rotatable bonds is 4. The number of benzene rings is 1. The van der Waals surface area contributed by atoms with Gasteiger partial charge in [0, 0.05) is 5.69 Å². The van der Waals surface area contributed by atoms with Crippen LogP contribution in [0.1, 0.15) is 16.1 Å². The molecule has 4 nitrogen and oxygen atoms in total. The van der Waals surface area contributed by atoms with Gasteiger partial charge in [0.25, 0.3) is 5.91 Å². The van der Waals surface area contributed by atoms with Crippen molar-refractivity contribution in [3.05, 3.63) is 46.9 Å². The number of anilines is 1. The molecule has 0 fully saturated rings. The van der Waals surface area contributed by atoms with Gasteiger partial charge in [-0.15, -0.1) is 0 Å². The Morgan fingerprint density at radius 3 is 2.70 bits per heavy atom. The molecule has 2 aromatic rings. The highest BCUT2D eigenvalue weighted by Gasteiger charge is 2.13. The lowest BCUT2D eigenvalue weighted by atomic mass is 10.2. The van der Waals surface area contributed by atoms with E-state index in [1.807, 2.05) is 0 Å². The molecule has 20 heavy (non-hydrogen) atoms. The van der Waals surface area contributed by atoms with Gasteiger partial charge in [-0.05, 0) is 31.2 Å². The largest absolute Gasteiger partial charge is 0.469 e. The second-order valence-electron chi connectivity index (χ2n) is 3.87. The number of carbonyl (C=O) groups is 1. The lowest BCUT2D eigenvalue weighted by molar-refractivity contribution is -0.0497. The van der Waals surface area contributed by atoms with Crippen molar-refractivity contribution in [3.8, 4) is 5.75 Å². The van der Waals surface area contributed by atoms with Gasteiger partial charge in [-0.2, -0.15) is 8.78 Å². The minimum Gasteiger partial charge on any atom is -0.469 e. The van der Waals surface area contributed by atoms with Crippen molar-refractivity contribution in [3.63, 3.8) is 0 Å². The molecule has 1 aromatic heterocycles. The van der Waals surface area contributed by atoms with Gasteiger partial charge < -0.3 is 14.5 Å². The molecule has 2 rings (SSSR count). The van der Waals surface area contributed by atoms with Gasteiger partial charge in [0.05, 0.1) is 16.8 Å². The second kappa shape index (κ2) is 5.92. The smallest absolute Gasteiger partial charge is 0.387 e.